The monoisotopic (exact) mass is 199 g/mol. The Morgan fingerprint density at radius 1 is 1.20 bits per heavy atom. The maximum atomic E-state index is 10.1. The number of carbonyl (C=O) groups excluding carboxylic acids is 1. The number of aromatic nitrogens is 1. The van der Waals surface area contributed by atoms with Crippen molar-refractivity contribution in [3.05, 3.63) is 48.5 Å². The second kappa shape index (κ2) is 4.37. The molecule has 74 valence electrons. The molecule has 0 N–H and O–H groups in total. The summed E-state index contributed by atoms with van der Waals surface area (Å²) in [6, 6.07) is 7.67. The summed E-state index contributed by atoms with van der Waals surface area (Å²) in [5.74, 6) is 0.737. The highest BCUT2D eigenvalue weighted by molar-refractivity contribution is 5.74. The number of nitrogens with zero attached hydrogens (tertiary/aromatic N) is 1. The number of aldehydes is 1. The Morgan fingerprint density at radius 2 is 2.00 bits per heavy atom. The average Bonchev–Trinajstić information content (AvgIpc) is 2.80. The molecule has 0 atom stereocenters. The lowest BCUT2D eigenvalue weighted by Gasteiger charge is -1.96. The highest BCUT2D eigenvalue weighted by Gasteiger charge is 1.99. The van der Waals surface area contributed by atoms with Crippen LogP contribution in [0.1, 0.15) is 5.56 Å². The van der Waals surface area contributed by atoms with Gasteiger partial charge in [-0.15, -0.1) is 0 Å². The molecule has 0 saturated carbocycles. The molecule has 0 aliphatic heterocycles. The number of benzene rings is 1. The van der Waals surface area contributed by atoms with Crippen molar-refractivity contribution in [1.82, 2.24) is 4.98 Å². The molecule has 2 rings (SSSR count). The summed E-state index contributed by atoms with van der Waals surface area (Å²) in [7, 11) is 0. The smallest absolute Gasteiger partial charge is 0.181 e. The van der Waals surface area contributed by atoms with Crippen molar-refractivity contribution in [3.8, 4) is 11.3 Å². The zero-order chi connectivity index (χ0) is 10.5. The fourth-order valence-corrected chi connectivity index (χ4v) is 1.27. The summed E-state index contributed by atoms with van der Waals surface area (Å²) in [6.07, 6.45) is 7.02. The van der Waals surface area contributed by atoms with E-state index in [1.54, 1.807) is 12.3 Å². The third-order valence-electron chi connectivity index (χ3n) is 1.99. The van der Waals surface area contributed by atoms with Gasteiger partial charge in [0.05, 0.1) is 6.20 Å². The average molecular weight is 199 g/mol. The van der Waals surface area contributed by atoms with Crippen LogP contribution in [-0.4, -0.2) is 11.3 Å². The molecular formula is C12H9NO2. The van der Waals surface area contributed by atoms with Crippen LogP contribution in [0.3, 0.4) is 0 Å². The third kappa shape index (κ3) is 2.20. The first-order valence-electron chi connectivity index (χ1n) is 4.51. The summed E-state index contributed by atoms with van der Waals surface area (Å²) >= 11 is 0. The highest BCUT2D eigenvalue weighted by Crippen LogP contribution is 2.19. The minimum absolute atomic E-state index is 0.737. The molecule has 3 heteroatoms. The minimum Gasteiger partial charge on any atom is -0.444 e. The number of allylic oxidation sites excluding steroid dienone is 1. The van der Waals surface area contributed by atoms with Gasteiger partial charge in [-0.3, -0.25) is 4.79 Å². The Labute approximate surface area is 87.1 Å². The molecule has 0 amide bonds. The molecule has 0 aliphatic rings. The van der Waals surface area contributed by atoms with Crippen LogP contribution >= 0.6 is 0 Å². The second-order valence-electron chi connectivity index (χ2n) is 2.98. The van der Waals surface area contributed by atoms with Crippen LogP contribution in [-0.2, 0) is 4.79 Å². The van der Waals surface area contributed by atoms with Gasteiger partial charge in [0.2, 0.25) is 0 Å². The van der Waals surface area contributed by atoms with Gasteiger partial charge in [-0.2, -0.15) is 0 Å². The topological polar surface area (TPSA) is 43.1 Å². The largest absolute Gasteiger partial charge is 0.444 e. The van der Waals surface area contributed by atoms with E-state index in [1.807, 2.05) is 24.3 Å². The van der Waals surface area contributed by atoms with Crippen molar-refractivity contribution in [2.75, 3.05) is 0 Å². The fraction of sp³-hybridized carbons (Fsp3) is 0. The van der Waals surface area contributed by atoms with Crippen molar-refractivity contribution in [2.24, 2.45) is 0 Å². The van der Waals surface area contributed by atoms with Gasteiger partial charge >= 0.3 is 0 Å². The Kier molecular flexibility index (Phi) is 2.74. The predicted octanol–water partition coefficient (Wildman–Crippen LogP) is 2.55. The number of hydrogen-bond donors (Lipinski definition) is 0. The summed E-state index contributed by atoms with van der Waals surface area (Å²) in [5, 5.41) is 0. The summed E-state index contributed by atoms with van der Waals surface area (Å²) < 4.78 is 5.16. The first-order valence-corrected chi connectivity index (χ1v) is 4.51. The first kappa shape index (κ1) is 9.40. The predicted molar refractivity (Wildman–Crippen MR) is 57.0 cm³/mol. The van der Waals surface area contributed by atoms with Crippen LogP contribution in [0, 0.1) is 0 Å². The molecule has 0 aliphatic carbocycles. The van der Waals surface area contributed by atoms with E-state index in [-0.39, 0.29) is 0 Å². The van der Waals surface area contributed by atoms with Gasteiger partial charge in [-0.1, -0.05) is 30.3 Å². The van der Waals surface area contributed by atoms with Crippen molar-refractivity contribution < 1.29 is 9.21 Å². The van der Waals surface area contributed by atoms with E-state index in [4.69, 9.17) is 4.42 Å². The lowest BCUT2D eigenvalue weighted by atomic mass is 10.1. The van der Waals surface area contributed by atoms with E-state index < -0.39 is 0 Å². The summed E-state index contributed by atoms with van der Waals surface area (Å²) in [4.78, 5) is 14.0. The van der Waals surface area contributed by atoms with Crippen molar-refractivity contribution >= 4 is 12.4 Å². The molecule has 0 spiro atoms. The fourth-order valence-electron chi connectivity index (χ4n) is 1.27. The molecule has 0 saturated heterocycles. The van der Waals surface area contributed by atoms with E-state index in [0.29, 0.717) is 0 Å². The Bertz CT molecular complexity index is 455. The maximum absolute atomic E-state index is 10.1. The summed E-state index contributed by atoms with van der Waals surface area (Å²) in [6.45, 7) is 0. The molecule has 0 radical (unpaired) electrons. The van der Waals surface area contributed by atoms with Gasteiger partial charge in [0.25, 0.3) is 0 Å². The van der Waals surface area contributed by atoms with Crippen molar-refractivity contribution in [3.63, 3.8) is 0 Å². The van der Waals surface area contributed by atoms with Gasteiger partial charge in [-0.25, -0.2) is 4.98 Å². The first-order chi connectivity index (χ1) is 7.40. The molecule has 0 fully saturated rings. The van der Waals surface area contributed by atoms with Crippen LogP contribution in [0.2, 0.25) is 0 Å². The van der Waals surface area contributed by atoms with Gasteiger partial charge in [0.1, 0.15) is 6.29 Å². The SMILES string of the molecule is O=C/C=C/c1ccc(-c2cnco2)cc1. The summed E-state index contributed by atoms with van der Waals surface area (Å²) in [5.41, 5.74) is 1.95. The van der Waals surface area contributed by atoms with Crippen LogP contribution < -0.4 is 0 Å². The van der Waals surface area contributed by atoms with Crippen LogP contribution in [0.25, 0.3) is 17.4 Å². The molecule has 0 bridgehead atoms. The van der Waals surface area contributed by atoms with E-state index in [2.05, 4.69) is 4.98 Å². The normalized spacial score (nSPS) is 10.7. The zero-order valence-corrected chi connectivity index (χ0v) is 7.96. The van der Waals surface area contributed by atoms with E-state index in [0.717, 1.165) is 23.2 Å². The Hall–Kier alpha value is -2.16. The van der Waals surface area contributed by atoms with Gasteiger partial charge < -0.3 is 4.42 Å². The third-order valence-corrected chi connectivity index (χ3v) is 1.99. The molecule has 2 aromatic rings. The Balaban J connectivity index is 2.24. The number of hydrogen-bond acceptors (Lipinski definition) is 3. The van der Waals surface area contributed by atoms with E-state index >= 15 is 0 Å². The van der Waals surface area contributed by atoms with Crippen molar-refractivity contribution in [1.29, 1.82) is 0 Å². The molecule has 1 heterocycles. The quantitative estimate of drug-likeness (QED) is 0.563. The zero-order valence-electron chi connectivity index (χ0n) is 7.96. The standard InChI is InChI=1S/C12H9NO2/c14-7-1-2-10-3-5-11(6-4-10)12-8-13-9-15-12/h1-9H/b2-1+. The minimum atomic E-state index is 0.737. The van der Waals surface area contributed by atoms with Crippen LogP contribution in [0.4, 0.5) is 0 Å². The second-order valence-corrected chi connectivity index (χ2v) is 2.98. The van der Waals surface area contributed by atoms with Crippen molar-refractivity contribution in [2.45, 2.75) is 0 Å². The van der Waals surface area contributed by atoms with Gasteiger partial charge in [0.15, 0.2) is 12.2 Å². The highest BCUT2D eigenvalue weighted by atomic mass is 16.3. The Morgan fingerprint density at radius 3 is 2.60 bits per heavy atom. The number of oxazole rings is 1. The van der Waals surface area contributed by atoms with E-state index in [1.165, 1.54) is 12.5 Å². The number of carbonyl (C=O) groups is 1. The van der Waals surface area contributed by atoms with Crippen LogP contribution in [0.15, 0.2) is 47.3 Å². The van der Waals surface area contributed by atoms with Crippen LogP contribution in [0.5, 0.6) is 0 Å². The maximum Gasteiger partial charge on any atom is 0.181 e. The lowest BCUT2D eigenvalue weighted by molar-refractivity contribution is -0.104. The molecule has 3 nitrogen and oxygen atoms in total. The molecule has 1 aromatic heterocycles. The molecule has 0 unspecified atom stereocenters. The molecular weight excluding hydrogens is 190 g/mol. The van der Waals surface area contributed by atoms with Gasteiger partial charge in [0, 0.05) is 5.56 Å². The van der Waals surface area contributed by atoms with Gasteiger partial charge in [-0.05, 0) is 11.6 Å². The number of rotatable bonds is 3. The molecule has 15 heavy (non-hydrogen) atoms. The lowest BCUT2D eigenvalue weighted by Crippen LogP contribution is -1.75. The van der Waals surface area contributed by atoms with E-state index in [9.17, 15) is 4.79 Å². The molecule has 1 aromatic carbocycles.